The Morgan fingerprint density at radius 2 is 1.88 bits per heavy atom. The fourth-order valence-corrected chi connectivity index (χ4v) is 5.43. The highest BCUT2D eigenvalue weighted by Gasteiger charge is 2.43. The molecule has 4 rings (SSSR count). The SMILES string of the molecule is CN(C)Cc1csc(CN2CCCC23CCN(c2ncccn2)CC3)c1. The van der Waals surface area contributed by atoms with E-state index in [4.69, 9.17) is 0 Å². The first-order valence-electron chi connectivity index (χ1n) is 9.63. The van der Waals surface area contributed by atoms with Gasteiger partial charge in [-0.15, -0.1) is 11.3 Å². The van der Waals surface area contributed by atoms with Gasteiger partial charge in [0.25, 0.3) is 0 Å². The molecule has 6 heteroatoms. The second kappa shape index (κ2) is 7.62. The monoisotopic (exact) mass is 371 g/mol. The number of likely N-dealkylation sites (tertiary alicyclic amines) is 1. The van der Waals surface area contributed by atoms with E-state index < -0.39 is 0 Å². The van der Waals surface area contributed by atoms with E-state index >= 15 is 0 Å². The fraction of sp³-hybridized carbons (Fsp3) is 0.600. The molecule has 0 radical (unpaired) electrons. The van der Waals surface area contributed by atoms with Gasteiger partial charge in [-0.3, -0.25) is 4.90 Å². The number of nitrogens with zero attached hydrogens (tertiary/aromatic N) is 5. The van der Waals surface area contributed by atoms with E-state index in [0.717, 1.165) is 32.1 Å². The molecule has 0 saturated carbocycles. The first-order chi connectivity index (χ1) is 12.6. The van der Waals surface area contributed by atoms with Crippen molar-refractivity contribution in [3.8, 4) is 0 Å². The molecule has 2 fully saturated rings. The zero-order valence-electron chi connectivity index (χ0n) is 15.9. The Balaban J connectivity index is 1.40. The summed E-state index contributed by atoms with van der Waals surface area (Å²) in [5.74, 6) is 0.887. The predicted molar refractivity (Wildman–Crippen MR) is 108 cm³/mol. The number of hydrogen-bond donors (Lipinski definition) is 0. The molecular formula is C20H29N5S. The maximum Gasteiger partial charge on any atom is 0.225 e. The van der Waals surface area contributed by atoms with Gasteiger partial charge in [0.2, 0.25) is 5.95 Å². The molecule has 0 aromatic carbocycles. The lowest BCUT2D eigenvalue weighted by atomic mass is 9.85. The molecule has 2 saturated heterocycles. The minimum Gasteiger partial charge on any atom is -0.341 e. The van der Waals surface area contributed by atoms with Gasteiger partial charge in [0.05, 0.1) is 0 Å². The van der Waals surface area contributed by atoms with Crippen LogP contribution < -0.4 is 4.90 Å². The minimum atomic E-state index is 0.386. The molecule has 1 spiro atoms. The molecule has 4 heterocycles. The van der Waals surface area contributed by atoms with E-state index in [1.807, 2.05) is 29.8 Å². The van der Waals surface area contributed by atoms with Crippen LogP contribution in [-0.2, 0) is 13.1 Å². The van der Waals surface area contributed by atoms with E-state index in [9.17, 15) is 0 Å². The van der Waals surface area contributed by atoms with Crippen LogP contribution in [0.2, 0.25) is 0 Å². The van der Waals surface area contributed by atoms with Crippen molar-refractivity contribution in [2.75, 3.05) is 38.6 Å². The lowest BCUT2D eigenvalue weighted by Gasteiger charge is -2.45. The summed E-state index contributed by atoms with van der Waals surface area (Å²) in [7, 11) is 4.27. The van der Waals surface area contributed by atoms with Crippen molar-refractivity contribution >= 4 is 17.3 Å². The Morgan fingerprint density at radius 3 is 2.62 bits per heavy atom. The van der Waals surface area contributed by atoms with E-state index in [2.05, 4.69) is 50.2 Å². The summed E-state index contributed by atoms with van der Waals surface area (Å²) in [4.78, 5) is 17.7. The number of hydrogen-bond acceptors (Lipinski definition) is 6. The van der Waals surface area contributed by atoms with E-state index in [1.165, 1.54) is 42.7 Å². The first kappa shape index (κ1) is 17.9. The third-order valence-corrected chi connectivity index (χ3v) is 6.79. The summed E-state index contributed by atoms with van der Waals surface area (Å²) in [6.45, 7) is 5.52. The van der Waals surface area contributed by atoms with Crippen LogP contribution in [0.4, 0.5) is 5.95 Å². The van der Waals surface area contributed by atoms with Crippen LogP contribution in [-0.4, -0.2) is 59.0 Å². The van der Waals surface area contributed by atoms with Gasteiger partial charge >= 0.3 is 0 Å². The number of thiophene rings is 1. The smallest absolute Gasteiger partial charge is 0.225 e. The van der Waals surface area contributed by atoms with Crippen molar-refractivity contribution in [3.63, 3.8) is 0 Å². The quantitative estimate of drug-likeness (QED) is 0.806. The Labute approximate surface area is 160 Å². The van der Waals surface area contributed by atoms with Crippen LogP contribution in [0.5, 0.6) is 0 Å². The maximum absolute atomic E-state index is 4.43. The first-order valence-corrected chi connectivity index (χ1v) is 10.5. The highest BCUT2D eigenvalue weighted by Crippen LogP contribution is 2.40. The van der Waals surface area contributed by atoms with Gasteiger partial charge in [-0.05, 0) is 69.4 Å². The van der Waals surface area contributed by atoms with Gasteiger partial charge in [0.1, 0.15) is 0 Å². The van der Waals surface area contributed by atoms with E-state index in [-0.39, 0.29) is 0 Å². The van der Waals surface area contributed by atoms with Crippen molar-refractivity contribution in [2.45, 2.75) is 44.3 Å². The standard InChI is InChI=1S/C20H29N5S/c1-23(2)14-17-13-18(26-16-17)15-25-10-3-5-20(25)6-11-24(12-7-20)19-21-8-4-9-22-19/h4,8-9,13,16H,3,5-7,10-12,14-15H2,1-2H3. The molecule has 2 aliphatic heterocycles. The largest absolute Gasteiger partial charge is 0.341 e. The molecule has 0 atom stereocenters. The van der Waals surface area contributed by atoms with Crippen LogP contribution in [0.1, 0.15) is 36.1 Å². The molecule has 5 nitrogen and oxygen atoms in total. The van der Waals surface area contributed by atoms with Crippen LogP contribution in [0.25, 0.3) is 0 Å². The van der Waals surface area contributed by atoms with Gasteiger partial charge in [-0.1, -0.05) is 0 Å². The van der Waals surface area contributed by atoms with Gasteiger partial charge in [0.15, 0.2) is 0 Å². The average molecular weight is 372 g/mol. The third kappa shape index (κ3) is 3.77. The predicted octanol–water partition coefficient (Wildman–Crippen LogP) is 3.23. The molecule has 0 bridgehead atoms. The molecule has 26 heavy (non-hydrogen) atoms. The van der Waals surface area contributed by atoms with Crippen LogP contribution in [0, 0.1) is 0 Å². The molecule has 0 amide bonds. The summed E-state index contributed by atoms with van der Waals surface area (Å²) in [5, 5.41) is 2.33. The molecular weight excluding hydrogens is 342 g/mol. The van der Waals surface area contributed by atoms with Crippen LogP contribution in [0.3, 0.4) is 0 Å². The molecule has 140 valence electrons. The molecule has 0 N–H and O–H groups in total. The molecule has 0 aliphatic carbocycles. The fourth-order valence-electron chi connectivity index (χ4n) is 4.53. The lowest BCUT2D eigenvalue weighted by Crippen LogP contribution is -2.52. The molecule has 2 aromatic rings. The summed E-state index contributed by atoms with van der Waals surface area (Å²) >= 11 is 1.92. The van der Waals surface area contributed by atoms with E-state index in [1.54, 1.807) is 0 Å². The van der Waals surface area contributed by atoms with Gasteiger partial charge in [0, 0.05) is 49.0 Å². The van der Waals surface area contributed by atoms with Crippen LogP contribution >= 0.6 is 11.3 Å². The summed E-state index contributed by atoms with van der Waals surface area (Å²) in [6.07, 6.45) is 8.81. The maximum atomic E-state index is 4.43. The Morgan fingerprint density at radius 1 is 1.12 bits per heavy atom. The Bertz CT molecular complexity index is 706. The lowest BCUT2D eigenvalue weighted by molar-refractivity contribution is 0.100. The highest BCUT2D eigenvalue weighted by molar-refractivity contribution is 7.10. The van der Waals surface area contributed by atoms with Gasteiger partial charge < -0.3 is 9.80 Å². The van der Waals surface area contributed by atoms with E-state index in [0.29, 0.717) is 5.54 Å². The van der Waals surface area contributed by atoms with Crippen molar-refractivity contribution in [3.05, 3.63) is 40.3 Å². The van der Waals surface area contributed by atoms with Crippen molar-refractivity contribution in [2.24, 2.45) is 0 Å². The zero-order valence-corrected chi connectivity index (χ0v) is 16.7. The number of aromatic nitrogens is 2. The zero-order chi connectivity index (χ0) is 18.0. The van der Waals surface area contributed by atoms with Crippen molar-refractivity contribution in [1.29, 1.82) is 0 Å². The summed E-state index contributed by atoms with van der Waals surface area (Å²) in [5.41, 5.74) is 1.83. The number of rotatable bonds is 5. The number of piperidine rings is 1. The summed E-state index contributed by atoms with van der Waals surface area (Å²) < 4.78 is 0. The average Bonchev–Trinajstić information content (AvgIpc) is 3.24. The molecule has 2 aliphatic rings. The van der Waals surface area contributed by atoms with Gasteiger partial charge in [-0.2, -0.15) is 0 Å². The second-order valence-corrected chi connectivity index (χ2v) is 8.94. The second-order valence-electron chi connectivity index (χ2n) is 7.94. The third-order valence-electron chi connectivity index (χ3n) is 5.82. The van der Waals surface area contributed by atoms with Crippen molar-refractivity contribution in [1.82, 2.24) is 19.8 Å². The number of anilines is 1. The Kier molecular flexibility index (Phi) is 5.25. The highest BCUT2D eigenvalue weighted by atomic mass is 32.1. The Hall–Kier alpha value is -1.50. The molecule has 2 aromatic heterocycles. The normalized spacial score (nSPS) is 20.3. The molecule has 0 unspecified atom stereocenters. The van der Waals surface area contributed by atoms with Gasteiger partial charge in [-0.25, -0.2) is 9.97 Å². The van der Waals surface area contributed by atoms with Crippen molar-refractivity contribution < 1.29 is 0 Å². The topological polar surface area (TPSA) is 35.5 Å². The minimum absolute atomic E-state index is 0.386. The van der Waals surface area contributed by atoms with Crippen LogP contribution in [0.15, 0.2) is 29.9 Å². The summed E-state index contributed by atoms with van der Waals surface area (Å²) in [6, 6.07) is 4.29.